The summed E-state index contributed by atoms with van der Waals surface area (Å²) in [6.45, 7) is 6.34. The molecule has 0 unspecified atom stereocenters. The monoisotopic (exact) mass is 299 g/mol. The number of sulfonamides is 1. The first-order valence-electron chi connectivity index (χ1n) is 7.27. The summed E-state index contributed by atoms with van der Waals surface area (Å²) in [4.78, 5) is 3.39. The van der Waals surface area contributed by atoms with Gasteiger partial charge in [-0.1, -0.05) is 13.8 Å². The first-order valence-corrected chi connectivity index (χ1v) is 8.71. The fourth-order valence-corrected chi connectivity index (χ4v) is 4.28. The minimum Gasteiger partial charge on any atom is -0.363 e. The van der Waals surface area contributed by atoms with Crippen molar-refractivity contribution in [2.24, 2.45) is 11.8 Å². The fourth-order valence-electron chi connectivity index (χ4n) is 2.79. The highest BCUT2D eigenvalue weighted by Crippen LogP contribution is 2.28. The summed E-state index contributed by atoms with van der Waals surface area (Å²) in [6.07, 6.45) is 3.52. The number of rotatable bonds is 5. The molecule has 0 radical (unpaired) electrons. The highest BCUT2D eigenvalue weighted by molar-refractivity contribution is 7.89. The number of nitrogens with one attached hydrogen (secondary N) is 2. The summed E-state index contributed by atoms with van der Waals surface area (Å²) in [7, 11) is -1.50. The van der Waals surface area contributed by atoms with E-state index >= 15 is 0 Å². The second-order valence-electron chi connectivity index (χ2n) is 5.88. The van der Waals surface area contributed by atoms with Gasteiger partial charge in [0.2, 0.25) is 10.0 Å². The molecule has 5 nitrogen and oxygen atoms in total. The lowest BCUT2D eigenvalue weighted by atomic mass is 9.87. The molecule has 1 aromatic heterocycles. The highest BCUT2D eigenvalue weighted by atomic mass is 32.2. The van der Waals surface area contributed by atoms with Crippen molar-refractivity contribution in [2.45, 2.75) is 38.1 Å². The van der Waals surface area contributed by atoms with Crippen LogP contribution >= 0.6 is 0 Å². The maximum absolute atomic E-state index is 12.6. The average molecular weight is 299 g/mol. The van der Waals surface area contributed by atoms with Crippen LogP contribution in [-0.4, -0.2) is 37.8 Å². The zero-order valence-electron chi connectivity index (χ0n) is 12.5. The van der Waals surface area contributed by atoms with Gasteiger partial charge < -0.3 is 10.3 Å². The van der Waals surface area contributed by atoms with Crippen LogP contribution in [0.3, 0.4) is 0 Å². The van der Waals surface area contributed by atoms with Crippen LogP contribution in [0.1, 0.15) is 32.4 Å². The number of H-pyrrole nitrogens is 1. The number of aromatic amines is 1. The van der Waals surface area contributed by atoms with Gasteiger partial charge >= 0.3 is 0 Å². The van der Waals surface area contributed by atoms with Crippen molar-refractivity contribution < 1.29 is 8.42 Å². The van der Waals surface area contributed by atoms with E-state index in [1.54, 1.807) is 16.6 Å². The molecule has 1 aliphatic heterocycles. The summed E-state index contributed by atoms with van der Waals surface area (Å²) in [5.74, 6) is 1.28. The van der Waals surface area contributed by atoms with Crippen molar-refractivity contribution in [1.82, 2.24) is 14.6 Å². The molecule has 1 aromatic rings. The van der Waals surface area contributed by atoms with E-state index in [9.17, 15) is 8.42 Å². The van der Waals surface area contributed by atoms with Crippen LogP contribution < -0.4 is 5.32 Å². The molecule has 6 heteroatoms. The van der Waals surface area contributed by atoms with Crippen molar-refractivity contribution in [3.8, 4) is 0 Å². The van der Waals surface area contributed by atoms with E-state index in [-0.39, 0.29) is 0 Å². The van der Waals surface area contributed by atoms with Crippen LogP contribution in [0.2, 0.25) is 0 Å². The molecule has 1 saturated heterocycles. The van der Waals surface area contributed by atoms with Gasteiger partial charge in [0, 0.05) is 31.5 Å². The quantitative estimate of drug-likeness (QED) is 0.871. The lowest BCUT2D eigenvalue weighted by Gasteiger charge is -2.32. The first-order chi connectivity index (χ1) is 9.45. The largest absolute Gasteiger partial charge is 0.363 e. The van der Waals surface area contributed by atoms with E-state index < -0.39 is 10.0 Å². The SMILES string of the molecule is CNCc1cc(S(=O)(=O)N2CCC(C(C)C)CC2)c[nH]1. The average Bonchev–Trinajstić information content (AvgIpc) is 2.88. The topological polar surface area (TPSA) is 65.2 Å². The molecule has 20 heavy (non-hydrogen) atoms. The number of nitrogens with zero attached hydrogens (tertiary/aromatic N) is 1. The second-order valence-corrected chi connectivity index (χ2v) is 7.81. The highest BCUT2D eigenvalue weighted by Gasteiger charge is 2.30. The molecule has 1 aliphatic rings. The molecule has 2 rings (SSSR count). The maximum atomic E-state index is 12.6. The molecule has 0 aromatic carbocycles. The molecule has 0 bridgehead atoms. The molecule has 0 amide bonds. The van der Waals surface area contributed by atoms with Gasteiger partial charge in [0.1, 0.15) is 0 Å². The molecule has 0 atom stereocenters. The van der Waals surface area contributed by atoms with Crippen LogP contribution in [0.4, 0.5) is 0 Å². The molecule has 0 spiro atoms. The minimum absolute atomic E-state index is 0.380. The zero-order valence-corrected chi connectivity index (χ0v) is 13.3. The Morgan fingerprint density at radius 1 is 1.40 bits per heavy atom. The first kappa shape index (κ1) is 15.5. The van der Waals surface area contributed by atoms with Crippen molar-refractivity contribution >= 4 is 10.0 Å². The van der Waals surface area contributed by atoms with Crippen molar-refractivity contribution in [3.05, 3.63) is 18.0 Å². The van der Waals surface area contributed by atoms with Crippen LogP contribution in [0.15, 0.2) is 17.2 Å². The van der Waals surface area contributed by atoms with Gasteiger partial charge in [-0.05, 0) is 37.8 Å². The van der Waals surface area contributed by atoms with Crippen molar-refractivity contribution in [1.29, 1.82) is 0 Å². The summed E-state index contributed by atoms with van der Waals surface area (Å²) >= 11 is 0. The van der Waals surface area contributed by atoms with Crippen LogP contribution in [0.25, 0.3) is 0 Å². The number of aromatic nitrogens is 1. The molecular formula is C14H25N3O2S. The normalized spacial score (nSPS) is 18.8. The summed E-state index contributed by atoms with van der Waals surface area (Å²) < 4.78 is 26.8. The smallest absolute Gasteiger partial charge is 0.244 e. The Hall–Kier alpha value is -0.850. The molecule has 2 heterocycles. The number of hydrogen-bond acceptors (Lipinski definition) is 3. The minimum atomic E-state index is -3.33. The Morgan fingerprint density at radius 2 is 2.05 bits per heavy atom. The lowest BCUT2D eigenvalue weighted by molar-refractivity contribution is 0.226. The standard InChI is InChI=1S/C14H25N3O2S/c1-11(2)12-4-6-17(7-5-12)20(18,19)14-8-13(9-15-3)16-10-14/h8,10-12,15-16H,4-7,9H2,1-3H3. The van der Waals surface area contributed by atoms with E-state index in [0.717, 1.165) is 18.5 Å². The van der Waals surface area contributed by atoms with Crippen LogP contribution in [0.5, 0.6) is 0 Å². The second kappa shape index (κ2) is 6.28. The fraction of sp³-hybridized carbons (Fsp3) is 0.714. The van der Waals surface area contributed by atoms with E-state index in [1.165, 1.54) is 0 Å². The molecule has 1 fully saturated rings. The summed E-state index contributed by atoms with van der Waals surface area (Å²) in [5, 5.41) is 3.01. The molecule has 2 N–H and O–H groups in total. The predicted octanol–water partition coefficient (Wildman–Crippen LogP) is 1.79. The van der Waals surface area contributed by atoms with E-state index in [2.05, 4.69) is 24.1 Å². The van der Waals surface area contributed by atoms with Crippen molar-refractivity contribution in [2.75, 3.05) is 20.1 Å². The van der Waals surface area contributed by atoms with Crippen LogP contribution in [-0.2, 0) is 16.6 Å². The van der Waals surface area contributed by atoms with Gasteiger partial charge in [-0.25, -0.2) is 8.42 Å². The molecule has 0 saturated carbocycles. The van der Waals surface area contributed by atoms with E-state index in [0.29, 0.717) is 36.4 Å². The Balaban J connectivity index is 2.07. The Morgan fingerprint density at radius 3 is 2.60 bits per heavy atom. The Kier molecular flexibility index (Phi) is 4.88. The van der Waals surface area contributed by atoms with Gasteiger partial charge in [-0.3, -0.25) is 0 Å². The van der Waals surface area contributed by atoms with Crippen LogP contribution in [0, 0.1) is 11.8 Å². The van der Waals surface area contributed by atoms with Gasteiger partial charge in [0.05, 0.1) is 4.90 Å². The lowest BCUT2D eigenvalue weighted by Crippen LogP contribution is -2.39. The van der Waals surface area contributed by atoms with Gasteiger partial charge in [0.25, 0.3) is 0 Å². The Bertz CT molecular complexity index is 528. The third kappa shape index (κ3) is 3.24. The number of piperidine rings is 1. The van der Waals surface area contributed by atoms with Gasteiger partial charge in [-0.2, -0.15) is 4.31 Å². The number of hydrogen-bond donors (Lipinski definition) is 2. The third-order valence-electron chi connectivity index (χ3n) is 4.16. The maximum Gasteiger partial charge on any atom is 0.244 e. The van der Waals surface area contributed by atoms with E-state index in [1.807, 2.05) is 7.05 Å². The van der Waals surface area contributed by atoms with Gasteiger partial charge in [-0.15, -0.1) is 0 Å². The summed E-state index contributed by atoms with van der Waals surface area (Å²) in [5.41, 5.74) is 0.892. The Labute approximate surface area is 121 Å². The van der Waals surface area contributed by atoms with E-state index in [4.69, 9.17) is 0 Å². The zero-order chi connectivity index (χ0) is 14.8. The van der Waals surface area contributed by atoms with Gasteiger partial charge in [0.15, 0.2) is 0 Å². The molecular weight excluding hydrogens is 274 g/mol. The predicted molar refractivity (Wildman–Crippen MR) is 79.9 cm³/mol. The third-order valence-corrected chi connectivity index (χ3v) is 6.04. The summed E-state index contributed by atoms with van der Waals surface area (Å²) in [6, 6.07) is 1.72. The van der Waals surface area contributed by atoms with Crippen molar-refractivity contribution in [3.63, 3.8) is 0 Å². The molecule has 114 valence electrons. The molecule has 0 aliphatic carbocycles.